The summed E-state index contributed by atoms with van der Waals surface area (Å²) in [5, 5.41) is 0. The molecule has 0 bridgehead atoms. The van der Waals surface area contributed by atoms with Gasteiger partial charge in [-0.3, -0.25) is 4.79 Å². The summed E-state index contributed by atoms with van der Waals surface area (Å²) in [5.74, 6) is -2.04. The number of hydrogen-bond acceptors (Lipinski definition) is 3. The number of halogens is 2. The standard InChI is InChI=1S/C16H30F2O2S/c1-5-7-8-10-14(19)20-13-15(3,4)21-12-9-11-16(17,18)6-2/h5-13H2,1-4H3. The van der Waals surface area contributed by atoms with Gasteiger partial charge in [-0.1, -0.05) is 26.7 Å². The molecule has 0 N–H and O–H groups in total. The summed E-state index contributed by atoms with van der Waals surface area (Å²) in [6.07, 6.45) is 3.78. The lowest BCUT2D eigenvalue weighted by Gasteiger charge is -2.24. The van der Waals surface area contributed by atoms with Crippen LogP contribution in [-0.4, -0.2) is 29.0 Å². The minimum Gasteiger partial charge on any atom is -0.464 e. The molecule has 0 unspecified atom stereocenters. The Kier molecular flexibility index (Phi) is 10.3. The fourth-order valence-electron chi connectivity index (χ4n) is 1.74. The number of rotatable bonds is 12. The molecule has 0 rings (SSSR count). The van der Waals surface area contributed by atoms with Gasteiger partial charge in [-0.15, -0.1) is 0 Å². The van der Waals surface area contributed by atoms with E-state index in [2.05, 4.69) is 6.92 Å². The van der Waals surface area contributed by atoms with E-state index in [4.69, 9.17) is 4.74 Å². The summed E-state index contributed by atoms with van der Waals surface area (Å²) in [6.45, 7) is 7.90. The van der Waals surface area contributed by atoms with Crippen molar-refractivity contribution in [2.24, 2.45) is 0 Å². The van der Waals surface area contributed by atoms with Crippen molar-refractivity contribution in [2.75, 3.05) is 12.4 Å². The smallest absolute Gasteiger partial charge is 0.305 e. The van der Waals surface area contributed by atoms with E-state index in [0.717, 1.165) is 19.3 Å². The van der Waals surface area contributed by atoms with Crippen molar-refractivity contribution in [1.29, 1.82) is 0 Å². The summed E-state index contributed by atoms with van der Waals surface area (Å²) in [7, 11) is 0. The van der Waals surface area contributed by atoms with E-state index < -0.39 is 5.92 Å². The Morgan fingerprint density at radius 2 is 1.81 bits per heavy atom. The van der Waals surface area contributed by atoms with Crippen molar-refractivity contribution >= 4 is 17.7 Å². The van der Waals surface area contributed by atoms with Crippen LogP contribution < -0.4 is 0 Å². The maximum atomic E-state index is 13.1. The van der Waals surface area contributed by atoms with Gasteiger partial charge in [0.15, 0.2) is 0 Å². The van der Waals surface area contributed by atoms with Crippen LogP contribution in [0.25, 0.3) is 0 Å². The van der Waals surface area contributed by atoms with Crippen LogP contribution in [0, 0.1) is 0 Å². The summed E-state index contributed by atoms with van der Waals surface area (Å²) in [4.78, 5) is 11.5. The van der Waals surface area contributed by atoms with Crippen molar-refractivity contribution in [3.8, 4) is 0 Å². The van der Waals surface area contributed by atoms with Gasteiger partial charge in [0.2, 0.25) is 5.92 Å². The highest BCUT2D eigenvalue weighted by molar-refractivity contribution is 8.00. The Bertz CT molecular complexity index is 294. The monoisotopic (exact) mass is 324 g/mol. The molecule has 0 saturated heterocycles. The third-order valence-electron chi connectivity index (χ3n) is 3.26. The van der Waals surface area contributed by atoms with Crippen molar-refractivity contribution in [3.05, 3.63) is 0 Å². The molecule has 2 nitrogen and oxygen atoms in total. The summed E-state index contributed by atoms with van der Waals surface area (Å²) in [5.41, 5.74) is 0. The highest BCUT2D eigenvalue weighted by Crippen LogP contribution is 2.29. The fraction of sp³-hybridized carbons (Fsp3) is 0.938. The van der Waals surface area contributed by atoms with Gasteiger partial charge in [0.25, 0.3) is 0 Å². The predicted octanol–water partition coefficient (Wildman–Crippen LogP) is 5.45. The van der Waals surface area contributed by atoms with Gasteiger partial charge < -0.3 is 4.74 Å². The molecule has 126 valence electrons. The normalized spacial score (nSPS) is 12.5. The van der Waals surface area contributed by atoms with Gasteiger partial charge >= 0.3 is 5.97 Å². The molecule has 0 saturated carbocycles. The molecular formula is C16H30F2O2S. The molecule has 0 radical (unpaired) electrons. The highest BCUT2D eigenvalue weighted by atomic mass is 32.2. The lowest BCUT2D eigenvalue weighted by atomic mass is 10.1. The third-order valence-corrected chi connectivity index (χ3v) is 4.65. The van der Waals surface area contributed by atoms with E-state index in [-0.39, 0.29) is 23.6 Å². The van der Waals surface area contributed by atoms with E-state index >= 15 is 0 Å². The second-order valence-electron chi connectivity index (χ2n) is 6.04. The third kappa shape index (κ3) is 12.0. The Hall–Kier alpha value is -0.320. The van der Waals surface area contributed by atoms with Gasteiger partial charge in [0.1, 0.15) is 6.61 Å². The zero-order valence-electron chi connectivity index (χ0n) is 13.8. The molecule has 0 heterocycles. The average molecular weight is 324 g/mol. The maximum absolute atomic E-state index is 13.1. The molecular weight excluding hydrogens is 294 g/mol. The van der Waals surface area contributed by atoms with Crippen molar-refractivity contribution in [2.45, 2.75) is 83.3 Å². The Balaban J connectivity index is 3.80. The maximum Gasteiger partial charge on any atom is 0.305 e. The van der Waals surface area contributed by atoms with Gasteiger partial charge in [-0.05, 0) is 32.4 Å². The van der Waals surface area contributed by atoms with Crippen LogP contribution in [0.4, 0.5) is 8.78 Å². The first kappa shape index (κ1) is 20.7. The molecule has 0 amide bonds. The van der Waals surface area contributed by atoms with Crippen LogP contribution in [0.3, 0.4) is 0 Å². The van der Waals surface area contributed by atoms with Crippen LogP contribution in [-0.2, 0) is 9.53 Å². The largest absolute Gasteiger partial charge is 0.464 e. The van der Waals surface area contributed by atoms with E-state index in [0.29, 0.717) is 25.2 Å². The molecule has 0 atom stereocenters. The van der Waals surface area contributed by atoms with Crippen LogP contribution in [0.5, 0.6) is 0 Å². The number of ether oxygens (including phenoxy) is 1. The lowest BCUT2D eigenvalue weighted by molar-refractivity contribution is -0.144. The number of carbonyl (C=O) groups is 1. The fourth-order valence-corrected chi connectivity index (χ4v) is 2.73. The van der Waals surface area contributed by atoms with E-state index in [9.17, 15) is 13.6 Å². The van der Waals surface area contributed by atoms with Crippen LogP contribution in [0.15, 0.2) is 0 Å². The molecule has 0 aliphatic carbocycles. The first-order valence-electron chi connectivity index (χ1n) is 7.90. The van der Waals surface area contributed by atoms with Crippen molar-refractivity contribution < 1.29 is 18.3 Å². The Morgan fingerprint density at radius 3 is 2.38 bits per heavy atom. The first-order chi connectivity index (χ1) is 9.72. The number of unbranched alkanes of at least 4 members (excludes halogenated alkanes) is 2. The lowest BCUT2D eigenvalue weighted by Crippen LogP contribution is -2.25. The Morgan fingerprint density at radius 1 is 1.14 bits per heavy atom. The average Bonchev–Trinajstić information content (AvgIpc) is 2.42. The van der Waals surface area contributed by atoms with Crippen molar-refractivity contribution in [3.63, 3.8) is 0 Å². The van der Waals surface area contributed by atoms with E-state index in [1.165, 1.54) is 6.92 Å². The predicted molar refractivity (Wildman–Crippen MR) is 86.1 cm³/mol. The number of hydrogen-bond donors (Lipinski definition) is 0. The number of alkyl halides is 2. The summed E-state index contributed by atoms with van der Waals surface area (Å²) < 4.78 is 31.2. The van der Waals surface area contributed by atoms with E-state index in [1.54, 1.807) is 11.8 Å². The highest BCUT2D eigenvalue weighted by Gasteiger charge is 2.26. The SMILES string of the molecule is CCCCCC(=O)OCC(C)(C)SCCCC(F)(F)CC. The topological polar surface area (TPSA) is 26.3 Å². The molecule has 0 aromatic carbocycles. The van der Waals surface area contributed by atoms with Crippen molar-refractivity contribution in [1.82, 2.24) is 0 Å². The minimum atomic E-state index is -2.55. The number of carbonyl (C=O) groups excluding carboxylic acids is 1. The van der Waals surface area contributed by atoms with E-state index in [1.807, 2.05) is 13.8 Å². The van der Waals surface area contributed by atoms with Gasteiger partial charge in [-0.2, -0.15) is 11.8 Å². The second kappa shape index (κ2) is 10.4. The number of esters is 1. The molecule has 0 aliphatic rings. The van der Waals surface area contributed by atoms with Crippen LogP contribution in [0.2, 0.25) is 0 Å². The molecule has 0 fully saturated rings. The number of thioether (sulfide) groups is 1. The molecule has 0 aromatic rings. The quantitative estimate of drug-likeness (QED) is 0.353. The van der Waals surface area contributed by atoms with Crippen LogP contribution >= 0.6 is 11.8 Å². The molecule has 0 aliphatic heterocycles. The molecule has 0 aromatic heterocycles. The summed E-state index contributed by atoms with van der Waals surface area (Å²) in [6, 6.07) is 0. The first-order valence-corrected chi connectivity index (χ1v) is 8.88. The molecule has 5 heteroatoms. The van der Waals surface area contributed by atoms with Gasteiger partial charge in [0.05, 0.1) is 0 Å². The Labute approximate surface area is 132 Å². The zero-order chi connectivity index (χ0) is 16.4. The van der Waals surface area contributed by atoms with Gasteiger partial charge in [-0.25, -0.2) is 8.78 Å². The summed E-state index contributed by atoms with van der Waals surface area (Å²) >= 11 is 1.59. The zero-order valence-corrected chi connectivity index (χ0v) is 14.7. The van der Waals surface area contributed by atoms with Crippen LogP contribution in [0.1, 0.15) is 72.6 Å². The molecule has 0 spiro atoms. The van der Waals surface area contributed by atoms with Gasteiger partial charge in [0, 0.05) is 24.0 Å². The second-order valence-corrected chi connectivity index (χ2v) is 7.84. The minimum absolute atomic E-state index is 0.0661. The molecule has 21 heavy (non-hydrogen) atoms.